The number of carbonyl (C=O) groups is 1. The maximum atomic E-state index is 11.7. The monoisotopic (exact) mass is 300 g/mol. The first-order valence-corrected chi connectivity index (χ1v) is 6.43. The zero-order valence-corrected chi connectivity index (χ0v) is 11.6. The highest BCUT2D eigenvalue weighted by atomic mass is 16.5. The number of rotatable bonds is 5. The normalized spacial score (nSPS) is 10.4. The van der Waals surface area contributed by atoms with Crippen LogP contribution in [0.4, 0.5) is 5.82 Å². The maximum absolute atomic E-state index is 11.7. The number of aromatic nitrogens is 3. The summed E-state index contributed by atoms with van der Waals surface area (Å²) in [6, 6.07) is 8.63. The Morgan fingerprint density at radius 2 is 2.27 bits per heavy atom. The Kier molecular flexibility index (Phi) is 3.82. The van der Waals surface area contributed by atoms with E-state index in [1.165, 1.54) is 6.39 Å². The van der Waals surface area contributed by atoms with Crippen molar-refractivity contribution in [1.82, 2.24) is 15.4 Å². The predicted octanol–water partition coefficient (Wildman–Crippen LogP) is 2.05. The van der Waals surface area contributed by atoms with Gasteiger partial charge in [0, 0.05) is 11.6 Å². The van der Waals surface area contributed by atoms with Crippen molar-refractivity contribution in [3.63, 3.8) is 0 Å². The molecule has 8 heteroatoms. The summed E-state index contributed by atoms with van der Waals surface area (Å²) in [6.45, 7) is 1.58. The van der Waals surface area contributed by atoms with E-state index in [2.05, 4.69) is 20.7 Å². The summed E-state index contributed by atoms with van der Waals surface area (Å²) >= 11 is 0. The van der Waals surface area contributed by atoms with Gasteiger partial charge in [-0.1, -0.05) is 11.2 Å². The Labute approximate surface area is 125 Å². The number of anilines is 1. The van der Waals surface area contributed by atoms with Crippen LogP contribution in [0.5, 0.6) is 5.75 Å². The van der Waals surface area contributed by atoms with Crippen molar-refractivity contribution < 1.29 is 18.5 Å². The van der Waals surface area contributed by atoms with Crippen molar-refractivity contribution in [2.45, 2.75) is 6.92 Å². The fourth-order valence-electron chi connectivity index (χ4n) is 1.77. The summed E-state index contributed by atoms with van der Waals surface area (Å²) in [6.07, 6.45) is 1.25. The average Bonchev–Trinajstić information content (AvgIpc) is 3.17. The van der Waals surface area contributed by atoms with E-state index in [0.29, 0.717) is 28.8 Å². The van der Waals surface area contributed by atoms with Gasteiger partial charge in [-0.05, 0) is 25.1 Å². The van der Waals surface area contributed by atoms with Gasteiger partial charge in [-0.15, -0.1) is 10.2 Å². The Bertz CT molecular complexity index is 767. The van der Waals surface area contributed by atoms with Gasteiger partial charge in [0.15, 0.2) is 12.4 Å². The second-order valence-corrected chi connectivity index (χ2v) is 4.43. The number of hydrogen-bond acceptors (Lipinski definition) is 7. The van der Waals surface area contributed by atoms with Crippen molar-refractivity contribution in [1.29, 1.82) is 0 Å². The number of ether oxygens (including phenoxy) is 1. The van der Waals surface area contributed by atoms with Gasteiger partial charge in [0.05, 0.1) is 0 Å². The lowest BCUT2D eigenvalue weighted by Crippen LogP contribution is -2.20. The molecule has 0 unspecified atom stereocenters. The van der Waals surface area contributed by atoms with E-state index < -0.39 is 0 Å². The van der Waals surface area contributed by atoms with Gasteiger partial charge in [-0.3, -0.25) is 4.79 Å². The Hall–Kier alpha value is -3.16. The maximum Gasteiger partial charge on any atom is 0.263 e. The standard InChI is InChI=1S/C14H12N4O4/c1-9-5-12(18-22-9)16-13(19)7-20-11-4-2-3-10(6-11)14-17-15-8-21-14/h2-6,8H,7H2,1H3,(H,16,18,19). The van der Waals surface area contributed by atoms with Crippen LogP contribution in [0.25, 0.3) is 11.5 Å². The second kappa shape index (κ2) is 6.08. The molecule has 1 N–H and O–H groups in total. The van der Waals surface area contributed by atoms with Gasteiger partial charge < -0.3 is 19.0 Å². The lowest BCUT2D eigenvalue weighted by molar-refractivity contribution is -0.118. The first-order chi connectivity index (χ1) is 10.7. The number of amides is 1. The van der Waals surface area contributed by atoms with Crippen LogP contribution in [-0.4, -0.2) is 27.9 Å². The Morgan fingerprint density at radius 1 is 1.36 bits per heavy atom. The molecule has 22 heavy (non-hydrogen) atoms. The molecule has 0 atom stereocenters. The zero-order valence-electron chi connectivity index (χ0n) is 11.6. The first-order valence-electron chi connectivity index (χ1n) is 6.43. The molecule has 1 aromatic carbocycles. The van der Waals surface area contributed by atoms with Crippen molar-refractivity contribution in [3.05, 3.63) is 42.5 Å². The molecule has 0 aliphatic rings. The van der Waals surface area contributed by atoms with E-state index in [1.807, 2.05) is 0 Å². The fraction of sp³-hybridized carbons (Fsp3) is 0.143. The molecule has 3 aromatic rings. The number of benzene rings is 1. The molecule has 0 saturated carbocycles. The fourth-order valence-corrected chi connectivity index (χ4v) is 1.77. The third-order valence-electron chi connectivity index (χ3n) is 2.71. The third kappa shape index (κ3) is 3.29. The second-order valence-electron chi connectivity index (χ2n) is 4.43. The van der Waals surface area contributed by atoms with Crippen LogP contribution in [0.2, 0.25) is 0 Å². The highest BCUT2D eigenvalue weighted by Gasteiger charge is 2.09. The summed E-state index contributed by atoms with van der Waals surface area (Å²) in [5.74, 6) is 1.53. The highest BCUT2D eigenvalue weighted by Crippen LogP contribution is 2.21. The molecule has 2 aromatic heterocycles. The van der Waals surface area contributed by atoms with E-state index >= 15 is 0 Å². The number of carbonyl (C=O) groups excluding carboxylic acids is 1. The summed E-state index contributed by atoms with van der Waals surface area (Å²) in [5.41, 5.74) is 0.711. The molecule has 0 bridgehead atoms. The molecule has 8 nitrogen and oxygen atoms in total. The van der Waals surface area contributed by atoms with Gasteiger partial charge in [0.2, 0.25) is 12.3 Å². The van der Waals surface area contributed by atoms with Crippen molar-refractivity contribution in [2.75, 3.05) is 11.9 Å². The molecule has 0 saturated heterocycles. The first kappa shape index (κ1) is 13.8. The smallest absolute Gasteiger partial charge is 0.263 e. The molecule has 0 radical (unpaired) electrons. The van der Waals surface area contributed by atoms with Gasteiger partial charge in [-0.25, -0.2) is 0 Å². The quantitative estimate of drug-likeness (QED) is 0.769. The van der Waals surface area contributed by atoms with Gasteiger partial charge >= 0.3 is 0 Å². The SMILES string of the molecule is Cc1cc(NC(=O)COc2cccc(-c3nnco3)c2)no1. The highest BCUT2D eigenvalue weighted by molar-refractivity contribution is 5.90. The average molecular weight is 300 g/mol. The van der Waals surface area contributed by atoms with E-state index in [-0.39, 0.29) is 12.5 Å². The third-order valence-corrected chi connectivity index (χ3v) is 2.71. The minimum absolute atomic E-state index is 0.154. The van der Waals surface area contributed by atoms with E-state index in [4.69, 9.17) is 13.7 Å². The largest absolute Gasteiger partial charge is 0.484 e. The Morgan fingerprint density at radius 3 is 3.00 bits per heavy atom. The molecular formula is C14H12N4O4. The Balaban J connectivity index is 1.59. The lowest BCUT2D eigenvalue weighted by Gasteiger charge is -2.06. The van der Waals surface area contributed by atoms with Crippen LogP contribution >= 0.6 is 0 Å². The molecule has 0 aliphatic heterocycles. The summed E-state index contributed by atoms with van der Waals surface area (Å²) in [5, 5.41) is 13.7. The topological polar surface area (TPSA) is 103 Å². The van der Waals surface area contributed by atoms with Crippen LogP contribution in [0.15, 0.2) is 45.7 Å². The number of nitrogens with zero attached hydrogens (tertiary/aromatic N) is 3. The van der Waals surface area contributed by atoms with Crippen molar-refractivity contribution >= 4 is 11.7 Å². The van der Waals surface area contributed by atoms with Crippen LogP contribution < -0.4 is 10.1 Å². The number of nitrogens with one attached hydrogen (secondary N) is 1. The molecule has 1 amide bonds. The van der Waals surface area contributed by atoms with E-state index in [9.17, 15) is 4.79 Å². The molecule has 112 valence electrons. The van der Waals surface area contributed by atoms with Crippen molar-refractivity contribution in [3.8, 4) is 17.2 Å². The number of aryl methyl sites for hydroxylation is 1. The van der Waals surface area contributed by atoms with Crippen molar-refractivity contribution in [2.24, 2.45) is 0 Å². The molecule has 2 heterocycles. The van der Waals surface area contributed by atoms with Gasteiger partial charge in [-0.2, -0.15) is 0 Å². The van der Waals surface area contributed by atoms with E-state index in [0.717, 1.165) is 0 Å². The molecule has 0 fully saturated rings. The zero-order chi connectivity index (χ0) is 15.4. The summed E-state index contributed by atoms with van der Waals surface area (Å²) in [4.78, 5) is 11.7. The van der Waals surface area contributed by atoms with Crippen LogP contribution in [-0.2, 0) is 4.79 Å². The van der Waals surface area contributed by atoms with E-state index in [1.54, 1.807) is 37.3 Å². The van der Waals surface area contributed by atoms with Gasteiger partial charge in [0.1, 0.15) is 11.5 Å². The predicted molar refractivity (Wildman–Crippen MR) is 75.1 cm³/mol. The molecule has 0 spiro atoms. The van der Waals surface area contributed by atoms with Crippen LogP contribution in [0, 0.1) is 6.92 Å². The minimum Gasteiger partial charge on any atom is -0.484 e. The minimum atomic E-state index is -0.337. The molecule has 0 aliphatic carbocycles. The molecular weight excluding hydrogens is 288 g/mol. The van der Waals surface area contributed by atoms with Gasteiger partial charge in [0.25, 0.3) is 5.91 Å². The summed E-state index contributed by atoms with van der Waals surface area (Å²) in [7, 11) is 0. The summed E-state index contributed by atoms with van der Waals surface area (Å²) < 4.78 is 15.4. The lowest BCUT2D eigenvalue weighted by atomic mass is 10.2. The molecule has 3 rings (SSSR count). The van der Waals surface area contributed by atoms with Crippen LogP contribution in [0.3, 0.4) is 0 Å². The van der Waals surface area contributed by atoms with Crippen LogP contribution in [0.1, 0.15) is 5.76 Å². The number of hydrogen-bond donors (Lipinski definition) is 1.